The SMILES string of the molecule is Cc1cccc(O[C@H](C)C(=O)N[C@H]2C[C@H]3CC[C@H]2C3)c1. The van der Waals surface area contributed by atoms with Crippen molar-refractivity contribution in [3.8, 4) is 5.75 Å². The summed E-state index contributed by atoms with van der Waals surface area (Å²) >= 11 is 0. The first kappa shape index (κ1) is 13.5. The third-order valence-corrected chi connectivity index (χ3v) is 4.74. The van der Waals surface area contributed by atoms with Gasteiger partial charge in [0.2, 0.25) is 0 Å². The number of rotatable bonds is 4. The van der Waals surface area contributed by atoms with Crippen molar-refractivity contribution in [3.63, 3.8) is 0 Å². The molecule has 2 bridgehead atoms. The molecule has 1 aromatic carbocycles. The average Bonchev–Trinajstić information content (AvgIpc) is 3.01. The van der Waals surface area contributed by atoms with Gasteiger partial charge in [-0.05, 0) is 62.6 Å². The first-order valence-corrected chi connectivity index (χ1v) is 7.65. The van der Waals surface area contributed by atoms with E-state index in [2.05, 4.69) is 5.32 Å². The number of carbonyl (C=O) groups excluding carboxylic acids is 1. The number of nitrogens with one attached hydrogen (secondary N) is 1. The average molecular weight is 273 g/mol. The van der Waals surface area contributed by atoms with Crippen LogP contribution in [0.3, 0.4) is 0 Å². The van der Waals surface area contributed by atoms with Gasteiger partial charge < -0.3 is 10.1 Å². The molecule has 108 valence electrons. The van der Waals surface area contributed by atoms with Crippen molar-refractivity contribution in [2.75, 3.05) is 0 Å². The summed E-state index contributed by atoms with van der Waals surface area (Å²) in [7, 11) is 0. The summed E-state index contributed by atoms with van der Waals surface area (Å²) in [5, 5.41) is 3.18. The molecule has 0 saturated heterocycles. The first-order chi connectivity index (χ1) is 9.61. The predicted molar refractivity (Wildman–Crippen MR) is 78.6 cm³/mol. The quantitative estimate of drug-likeness (QED) is 0.915. The number of ether oxygens (including phenoxy) is 1. The van der Waals surface area contributed by atoms with Crippen LogP contribution in [0.5, 0.6) is 5.75 Å². The lowest BCUT2D eigenvalue weighted by Crippen LogP contribution is -2.44. The Hall–Kier alpha value is -1.51. The van der Waals surface area contributed by atoms with Crippen LogP contribution in [-0.4, -0.2) is 18.1 Å². The maximum Gasteiger partial charge on any atom is 0.261 e. The second-order valence-corrected chi connectivity index (χ2v) is 6.37. The van der Waals surface area contributed by atoms with Gasteiger partial charge in [0, 0.05) is 6.04 Å². The zero-order chi connectivity index (χ0) is 14.1. The van der Waals surface area contributed by atoms with Crippen molar-refractivity contribution < 1.29 is 9.53 Å². The summed E-state index contributed by atoms with van der Waals surface area (Å²) in [6.45, 7) is 3.84. The molecular formula is C17H23NO2. The summed E-state index contributed by atoms with van der Waals surface area (Å²) in [5.74, 6) is 2.33. The highest BCUT2D eigenvalue weighted by Crippen LogP contribution is 2.44. The van der Waals surface area contributed by atoms with E-state index >= 15 is 0 Å². The Labute approximate surface area is 120 Å². The van der Waals surface area contributed by atoms with Gasteiger partial charge in [-0.1, -0.05) is 18.6 Å². The number of benzene rings is 1. The molecular weight excluding hydrogens is 250 g/mol. The predicted octanol–water partition coefficient (Wildman–Crippen LogP) is 3.07. The van der Waals surface area contributed by atoms with Crippen LogP contribution in [0.25, 0.3) is 0 Å². The van der Waals surface area contributed by atoms with Crippen LogP contribution in [0.2, 0.25) is 0 Å². The molecule has 3 nitrogen and oxygen atoms in total. The third kappa shape index (κ3) is 2.82. The monoisotopic (exact) mass is 273 g/mol. The summed E-state index contributed by atoms with van der Waals surface area (Å²) in [6, 6.07) is 8.21. The minimum absolute atomic E-state index is 0.0176. The van der Waals surface area contributed by atoms with Crippen LogP contribution in [-0.2, 0) is 4.79 Å². The lowest BCUT2D eigenvalue weighted by atomic mass is 9.95. The molecule has 2 saturated carbocycles. The molecule has 0 aromatic heterocycles. The van der Waals surface area contributed by atoms with Gasteiger partial charge in [-0.2, -0.15) is 0 Å². The Bertz CT molecular complexity index is 500. The van der Waals surface area contributed by atoms with Crippen LogP contribution in [0, 0.1) is 18.8 Å². The molecule has 0 aliphatic heterocycles. The summed E-state index contributed by atoms with van der Waals surface area (Å²) in [6.07, 6.45) is 4.66. The maximum atomic E-state index is 12.2. The van der Waals surface area contributed by atoms with Crippen molar-refractivity contribution in [1.82, 2.24) is 5.32 Å². The van der Waals surface area contributed by atoms with E-state index in [0.717, 1.165) is 23.7 Å². The van der Waals surface area contributed by atoms with Crippen LogP contribution >= 0.6 is 0 Å². The van der Waals surface area contributed by atoms with E-state index in [1.54, 1.807) is 0 Å². The Morgan fingerprint density at radius 2 is 2.20 bits per heavy atom. The highest BCUT2D eigenvalue weighted by atomic mass is 16.5. The van der Waals surface area contributed by atoms with Gasteiger partial charge in [0.25, 0.3) is 5.91 Å². The van der Waals surface area contributed by atoms with E-state index in [0.29, 0.717) is 12.0 Å². The molecule has 1 amide bonds. The largest absolute Gasteiger partial charge is 0.481 e. The molecule has 1 N–H and O–H groups in total. The molecule has 2 aliphatic rings. The summed E-state index contributed by atoms with van der Waals surface area (Å²) < 4.78 is 5.74. The van der Waals surface area contributed by atoms with E-state index in [1.165, 1.54) is 19.3 Å². The van der Waals surface area contributed by atoms with Crippen LogP contribution < -0.4 is 10.1 Å². The van der Waals surface area contributed by atoms with Gasteiger partial charge in [-0.15, -0.1) is 0 Å². The van der Waals surface area contributed by atoms with Crippen molar-refractivity contribution in [1.29, 1.82) is 0 Å². The molecule has 0 unspecified atom stereocenters. The lowest BCUT2D eigenvalue weighted by Gasteiger charge is -2.24. The van der Waals surface area contributed by atoms with Crippen molar-refractivity contribution >= 4 is 5.91 Å². The molecule has 4 atom stereocenters. The fraction of sp³-hybridized carbons (Fsp3) is 0.588. The smallest absolute Gasteiger partial charge is 0.261 e. The maximum absolute atomic E-state index is 12.2. The standard InChI is InChI=1S/C17H23NO2/c1-11-4-3-5-15(8-11)20-12(2)17(19)18-16-10-13-6-7-14(16)9-13/h3-5,8,12-14,16H,6-7,9-10H2,1-2H3,(H,18,19)/t12-,13+,14+,16+/m1/s1. The molecule has 3 heteroatoms. The fourth-order valence-corrected chi connectivity index (χ4v) is 3.67. The Kier molecular flexibility index (Phi) is 3.68. The minimum Gasteiger partial charge on any atom is -0.481 e. The van der Waals surface area contributed by atoms with Crippen molar-refractivity contribution in [3.05, 3.63) is 29.8 Å². The van der Waals surface area contributed by atoms with E-state index in [1.807, 2.05) is 38.1 Å². The Morgan fingerprint density at radius 3 is 2.85 bits per heavy atom. The van der Waals surface area contributed by atoms with Gasteiger partial charge >= 0.3 is 0 Å². The number of hydrogen-bond acceptors (Lipinski definition) is 2. The fourth-order valence-electron chi connectivity index (χ4n) is 3.67. The topological polar surface area (TPSA) is 38.3 Å². The zero-order valence-corrected chi connectivity index (χ0v) is 12.3. The van der Waals surface area contributed by atoms with E-state index in [9.17, 15) is 4.79 Å². The zero-order valence-electron chi connectivity index (χ0n) is 12.3. The van der Waals surface area contributed by atoms with Gasteiger partial charge in [0.15, 0.2) is 6.10 Å². The molecule has 0 radical (unpaired) electrons. The number of fused-ring (bicyclic) bond motifs is 2. The number of carbonyl (C=O) groups is 1. The highest BCUT2D eigenvalue weighted by Gasteiger charge is 2.40. The molecule has 2 fully saturated rings. The van der Waals surface area contributed by atoms with Crippen LogP contribution in [0.15, 0.2) is 24.3 Å². The van der Waals surface area contributed by atoms with Gasteiger partial charge in [-0.25, -0.2) is 0 Å². The Balaban J connectivity index is 1.54. The lowest BCUT2D eigenvalue weighted by molar-refractivity contribution is -0.128. The van der Waals surface area contributed by atoms with E-state index in [-0.39, 0.29) is 5.91 Å². The van der Waals surface area contributed by atoms with Crippen molar-refractivity contribution in [2.45, 2.75) is 51.7 Å². The van der Waals surface area contributed by atoms with Gasteiger partial charge in [0.05, 0.1) is 0 Å². The van der Waals surface area contributed by atoms with Gasteiger partial charge in [0.1, 0.15) is 5.75 Å². The first-order valence-electron chi connectivity index (χ1n) is 7.65. The third-order valence-electron chi connectivity index (χ3n) is 4.74. The number of amides is 1. The Morgan fingerprint density at radius 1 is 1.35 bits per heavy atom. The van der Waals surface area contributed by atoms with Crippen molar-refractivity contribution in [2.24, 2.45) is 11.8 Å². The molecule has 0 heterocycles. The molecule has 20 heavy (non-hydrogen) atoms. The normalized spacial score (nSPS) is 29.2. The number of aryl methyl sites for hydroxylation is 1. The highest BCUT2D eigenvalue weighted by molar-refractivity contribution is 5.81. The molecule has 3 rings (SSSR count). The molecule has 1 aromatic rings. The van der Waals surface area contributed by atoms with Crippen LogP contribution in [0.4, 0.5) is 0 Å². The summed E-state index contributed by atoms with van der Waals surface area (Å²) in [5.41, 5.74) is 1.14. The van der Waals surface area contributed by atoms with E-state index in [4.69, 9.17) is 4.74 Å². The molecule has 0 spiro atoms. The van der Waals surface area contributed by atoms with Gasteiger partial charge in [-0.3, -0.25) is 4.79 Å². The number of hydrogen-bond donors (Lipinski definition) is 1. The molecule has 2 aliphatic carbocycles. The second-order valence-electron chi connectivity index (χ2n) is 6.37. The summed E-state index contributed by atoms with van der Waals surface area (Å²) in [4.78, 5) is 12.2. The second kappa shape index (κ2) is 5.47. The minimum atomic E-state index is -0.434. The van der Waals surface area contributed by atoms with E-state index < -0.39 is 6.10 Å². The van der Waals surface area contributed by atoms with Crippen LogP contribution in [0.1, 0.15) is 38.2 Å².